The summed E-state index contributed by atoms with van der Waals surface area (Å²) in [5, 5.41) is 3.46. The van der Waals surface area contributed by atoms with Crippen LogP contribution in [0.15, 0.2) is 24.3 Å². The van der Waals surface area contributed by atoms with Crippen molar-refractivity contribution in [1.82, 2.24) is 5.32 Å². The van der Waals surface area contributed by atoms with Crippen LogP contribution < -0.4 is 10.1 Å². The van der Waals surface area contributed by atoms with Crippen LogP contribution in [0.25, 0.3) is 0 Å². The van der Waals surface area contributed by atoms with Crippen molar-refractivity contribution in [2.24, 2.45) is 5.41 Å². The normalized spacial score (nSPS) is 24.1. The maximum absolute atomic E-state index is 6.00. The van der Waals surface area contributed by atoms with E-state index >= 15 is 0 Å². The van der Waals surface area contributed by atoms with E-state index in [0.29, 0.717) is 0 Å². The molecular weight excluding hydrogens is 214 g/mol. The first-order valence-electron chi connectivity index (χ1n) is 6.08. The van der Waals surface area contributed by atoms with Gasteiger partial charge < -0.3 is 14.8 Å². The fourth-order valence-corrected chi connectivity index (χ4v) is 2.11. The summed E-state index contributed by atoms with van der Waals surface area (Å²) in [4.78, 5) is 0. The molecule has 1 atom stereocenters. The van der Waals surface area contributed by atoms with Crippen LogP contribution in [0.2, 0.25) is 0 Å². The molecule has 1 aromatic carbocycles. The van der Waals surface area contributed by atoms with Gasteiger partial charge in [0.1, 0.15) is 5.75 Å². The quantitative estimate of drug-likeness (QED) is 0.853. The predicted octanol–water partition coefficient (Wildman–Crippen LogP) is 2.38. The van der Waals surface area contributed by atoms with E-state index in [-0.39, 0.29) is 11.5 Å². The SMILES string of the molecule is COc1ccccc1C1CNCC(C)(C)CO1. The van der Waals surface area contributed by atoms with E-state index in [1.54, 1.807) is 7.11 Å². The lowest BCUT2D eigenvalue weighted by atomic mass is 9.95. The van der Waals surface area contributed by atoms with Crippen LogP contribution in [0, 0.1) is 5.41 Å². The van der Waals surface area contributed by atoms with Crippen molar-refractivity contribution < 1.29 is 9.47 Å². The van der Waals surface area contributed by atoms with E-state index in [1.807, 2.05) is 18.2 Å². The van der Waals surface area contributed by atoms with Crippen molar-refractivity contribution in [3.63, 3.8) is 0 Å². The van der Waals surface area contributed by atoms with Gasteiger partial charge in [-0.25, -0.2) is 0 Å². The van der Waals surface area contributed by atoms with Crippen molar-refractivity contribution in [3.8, 4) is 5.75 Å². The van der Waals surface area contributed by atoms with Gasteiger partial charge in [-0.05, 0) is 6.07 Å². The molecule has 94 valence electrons. The molecule has 3 heteroatoms. The highest BCUT2D eigenvalue weighted by molar-refractivity contribution is 5.35. The van der Waals surface area contributed by atoms with E-state index in [2.05, 4.69) is 25.2 Å². The summed E-state index contributed by atoms with van der Waals surface area (Å²) in [7, 11) is 1.70. The van der Waals surface area contributed by atoms with E-state index < -0.39 is 0 Å². The average molecular weight is 235 g/mol. The van der Waals surface area contributed by atoms with Gasteiger partial charge in [-0.1, -0.05) is 32.0 Å². The van der Waals surface area contributed by atoms with Gasteiger partial charge >= 0.3 is 0 Å². The standard InChI is InChI=1S/C14H21NO2/c1-14(2)9-15-8-13(17-10-14)11-6-4-5-7-12(11)16-3/h4-7,13,15H,8-10H2,1-3H3. The topological polar surface area (TPSA) is 30.5 Å². The molecule has 1 aliphatic heterocycles. The number of hydrogen-bond acceptors (Lipinski definition) is 3. The molecule has 1 fully saturated rings. The summed E-state index contributed by atoms with van der Waals surface area (Å²) in [5.74, 6) is 0.902. The van der Waals surface area contributed by atoms with Crippen LogP contribution >= 0.6 is 0 Å². The molecule has 17 heavy (non-hydrogen) atoms. The molecule has 2 rings (SSSR count). The highest BCUT2D eigenvalue weighted by Gasteiger charge is 2.26. The molecule has 0 radical (unpaired) electrons. The minimum Gasteiger partial charge on any atom is -0.496 e. The zero-order valence-corrected chi connectivity index (χ0v) is 10.8. The second-order valence-corrected chi connectivity index (χ2v) is 5.34. The van der Waals surface area contributed by atoms with Gasteiger partial charge in [0, 0.05) is 24.1 Å². The van der Waals surface area contributed by atoms with Gasteiger partial charge in [0.25, 0.3) is 0 Å². The minimum atomic E-state index is 0.0768. The Morgan fingerprint density at radius 3 is 2.88 bits per heavy atom. The maximum atomic E-state index is 6.00. The first-order chi connectivity index (χ1) is 8.12. The number of methoxy groups -OCH3 is 1. The summed E-state index contributed by atoms with van der Waals surface area (Å²) in [6.45, 7) is 7.01. The third-order valence-corrected chi connectivity index (χ3v) is 3.09. The van der Waals surface area contributed by atoms with Gasteiger partial charge in [0.2, 0.25) is 0 Å². The van der Waals surface area contributed by atoms with Crippen LogP contribution in [-0.4, -0.2) is 26.8 Å². The molecule has 0 aromatic heterocycles. The molecule has 0 spiro atoms. The predicted molar refractivity (Wildman–Crippen MR) is 68.3 cm³/mol. The molecule has 1 aliphatic rings. The molecule has 0 bridgehead atoms. The fourth-order valence-electron chi connectivity index (χ4n) is 2.11. The molecule has 0 saturated carbocycles. The van der Waals surface area contributed by atoms with E-state index in [0.717, 1.165) is 31.0 Å². The van der Waals surface area contributed by atoms with Gasteiger partial charge in [-0.15, -0.1) is 0 Å². The number of benzene rings is 1. The summed E-state index contributed by atoms with van der Waals surface area (Å²) in [6, 6.07) is 8.06. The van der Waals surface area contributed by atoms with Crippen molar-refractivity contribution in [2.75, 3.05) is 26.8 Å². The Kier molecular flexibility index (Phi) is 3.69. The molecule has 1 saturated heterocycles. The van der Waals surface area contributed by atoms with E-state index in [4.69, 9.17) is 9.47 Å². The van der Waals surface area contributed by atoms with Gasteiger partial charge in [-0.3, -0.25) is 0 Å². The van der Waals surface area contributed by atoms with Crippen molar-refractivity contribution in [1.29, 1.82) is 0 Å². The Morgan fingerprint density at radius 1 is 1.35 bits per heavy atom. The van der Waals surface area contributed by atoms with Crippen molar-refractivity contribution >= 4 is 0 Å². The number of para-hydroxylation sites is 1. The summed E-state index contributed by atoms with van der Waals surface area (Å²) >= 11 is 0. The van der Waals surface area contributed by atoms with Crippen molar-refractivity contribution in [3.05, 3.63) is 29.8 Å². The Balaban J connectivity index is 2.17. The first-order valence-corrected chi connectivity index (χ1v) is 6.08. The highest BCUT2D eigenvalue weighted by atomic mass is 16.5. The third-order valence-electron chi connectivity index (χ3n) is 3.09. The largest absolute Gasteiger partial charge is 0.496 e. The van der Waals surface area contributed by atoms with Crippen LogP contribution in [-0.2, 0) is 4.74 Å². The smallest absolute Gasteiger partial charge is 0.124 e. The van der Waals surface area contributed by atoms with Crippen LogP contribution in [0.1, 0.15) is 25.5 Å². The molecule has 1 N–H and O–H groups in total. The maximum Gasteiger partial charge on any atom is 0.124 e. The lowest BCUT2D eigenvalue weighted by Gasteiger charge is -2.22. The Labute approximate surface area is 103 Å². The third kappa shape index (κ3) is 2.99. The Hall–Kier alpha value is -1.06. The molecule has 0 aliphatic carbocycles. The number of ether oxygens (including phenoxy) is 2. The average Bonchev–Trinajstić information content (AvgIpc) is 2.50. The zero-order chi connectivity index (χ0) is 12.3. The molecule has 0 amide bonds. The minimum absolute atomic E-state index is 0.0768. The second-order valence-electron chi connectivity index (χ2n) is 5.34. The first kappa shape index (κ1) is 12.4. The van der Waals surface area contributed by atoms with Gasteiger partial charge in [0.15, 0.2) is 0 Å². The Bertz CT molecular complexity index is 376. The monoisotopic (exact) mass is 235 g/mol. The molecule has 1 unspecified atom stereocenters. The van der Waals surface area contributed by atoms with Gasteiger partial charge in [-0.2, -0.15) is 0 Å². The summed E-state index contributed by atoms with van der Waals surface area (Å²) in [5.41, 5.74) is 1.32. The van der Waals surface area contributed by atoms with Crippen LogP contribution in [0.3, 0.4) is 0 Å². The number of rotatable bonds is 2. The number of nitrogens with one attached hydrogen (secondary N) is 1. The highest BCUT2D eigenvalue weighted by Crippen LogP contribution is 2.30. The van der Waals surface area contributed by atoms with Crippen molar-refractivity contribution in [2.45, 2.75) is 20.0 Å². The van der Waals surface area contributed by atoms with Crippen LogP contribution in [0.5, 0.6) is 5.75 Å². The van der Waals surface area contributed by atoms with Crippen LogP contribution in [0.4, 0.5) is 0 Å². The molecule has 3 nitrogen and oxygen atoms in total. The second kappa shape index (κ2) is 5.07. The molecular formula is C14H21NO2. The summed E-state index contributed by atoms with van der Waals surface area (Å²) < 4.78 is 11.4. The molecule has 1 heterocycles. The lowest BCUT2D eigenvalue weighted by molar-refractivity contribution is 0.0248. The van der Waals surface area contributed by atoms with E-state index in [1.165, 1.54) is 0 Å². The summed E-state index contributed by atoms with van der Waals surface area (Å²) in [6.07, 6.45) is 0.0768. The number of hydrogen-bond donors (Lipinski definition) is 1. The van der Waals surface area contributed by atoms with E-state index in [9.17, 15) is 0 Å². The lowest BCUT2D eigenvalue weighted by Crippen LogP contribution is -2.29. The zero-order valence-electron chi connectivity index (χ0n) is 10.8. The Morgan fingerprint density at radius 2 is 2.12 bits per heavy atom. The van der Waals surface area contributed by atoms with Gasteiger partial charge in [0.05, 0.1) is 19.8 Å². The molecule has 1 aromatic rings. The fraction of sp³-hybridized carbons (Fsp3) is 0.571.